The average Bonchev–Trinajstić information content (AvgIpc) is 3.14. The predicted octanol–water partition coefficient (Wildman–Crippen LogP) is 2.17. The molecule has 3 unspecified atom stereocenters. The van der Waals surface area contributed by atoms with Crippen LogP contribution in [0, 0.1) is 18.8 Å². The minimum absolute atomic E-state index is 0.0314. The number of aryl methyl sites for hydroxylation is 1. The first-order chi connectivity index (χ1) is 10.1. The number of anilines is 1. The molecule has 3 rings (SSSR count). The van der Waals surface area contributed by atoms with Gasteiger partial charge in [-0.25, -0.2) is 4.79 Å². The second-order valence-electron chi connectivity index (χ2n) is 5.84. The minimum atomic E-state index is -0.401. The van der Waals surface area contributed by atoms with Crippen molar-refractivity contribution < 1.29 is 14.3 Å². The summed E-state index contributed by atoms with van der Waals surface area (Å²) in [5.74, 6) is 0.632. The lowest BCUT2D eigenvalue weighted by Crippen LogP contribution is -2.40. The summed E-state index contributed by atoms with van der Waals surface area (Å²) in [6.45, 7) is 2.81. The molecule has 0 radical (unpaired) electrons. The number of hydrogen-bond acceptors (Lipinski definition) is 5. The maximum atomic E-state index is 12.5. The SMILES string of the molecule is COC(=O)c1scc(C)c1NC(=O)C1NCC2CCCC21. The van der Waals surface area contributed by atoms with Gasteiger partial charge >= 0.3 is 5.97 Å². The fraction of sp³-hybridized carbons (Fsp3) is 0.600. The monoisotopic (exact) mass is 308 g/mol. The molecular weight excluding hydrogens is 288 g/mol. The van der Waals surface area contributed by atoms with E-state index < -0.39 is 5.97 Å². The number of thiophene rings is 1. The number of ether oxygens (including phenoxy) is 1. The number of carbonyl (C=O) groups excluding carboxylic acids is 2. The summed E-state index contributed by atoms with van der Waals surface area (Å²) < 4.78 is 4.77. The summed E-state index contributed by atoms with van der Waals surface area (Å²) in [5, 5.41) is 8.13. The van der Waals surface area contributed by atoms with Crippen molar-refractivity contribution in [1.82, 2.24) is 5.32 Å². The number of hydrogen-bond donors (Lipinski definition) is 2. The van der Waals surface area contributed by atoms with Crippen molar-refractivity contribution in [3.05, 3.63) is 15.8 Å². The van der Waals surface area contributed by atoms with E-state index in [1.54, 1.807) is 0 Å². The molecule has 1 amide bonds. The zero-order chi connectivity index (χ0) is 15.0. The van der Waals surface area contributed by atoms with Crippen molar-refractivity contribution in [2.24, 2.45) is 11.8 Å². The van der Waals surface area contributed by atoms with Gasteiger partial charge < -0.3 is 15.4 Å². The summed E-state index contributed by atoms with van der Waals surface area (Å²) in [7, 11) is 1.35. The number of fused-ring (bicyclic) bond motifs is 1. The third-order valence-corrected chi connectivity index (χ3v) is 5.70. The van der Waals surface area contributed by atoms with E-state index in [0.29, 0.717) is 22.4 Å². The largest absolute Gasteiger partial charge is 0.465 e. The molecule has 1 aromatic heterocycles. The molecule has 0 spiro atoms. The van der Waals surface area contributed by atoms with Gasteiger partial charge in [0.25, 0.3) is 0 Å². The Labute approximate surface area is 128 Å². The fourth-order valence-electron chi connectivity index (χ4n) is 3.52. The Morgan fingerprint density at radius 2 is 2.24 bits per heavy atom. The van der Waals surface area contributed by atoms with E-state index >= 15 is 0 Å². The lowest BCUT2D eigenvalue weighted by molar-refractivity contribution is -0.118. The Kier molecular flexibility index (Phi) is 3.99. The van der Waals surface area contributed by atoms with Crippen LogP contribution in [0.5, 0.6) is 0 Å². The van der Waals surface area contributed by atoms with Crippen LogP contribution in [0.2, 0.25) is 0 Å². The standard InChI is InChI=1S/C15H20N2O3S/c1-8-7-21-13(15(19)20-2)11(8)17-14(18)12-10-5-3-4-9(10)6-16-12/h7,9-10,12,16H,3-6H2,1-2H3,(H,17,18). The first kappa shape index (κ1) is 14.5. The van der Waals surface area contributed by atoms with Crippen LogP contribution in [0.25, 0.3) is 0 Å². The van der Waals surface area contributed by atoms with Crippen LogP contribution in [0.15, 0.2) is 5.38 Å². The van der Waals surface area contributed by atoms with Crippen molar-refractivity contribution in [2.45, 2.75) is 32.2 Å². The Hall–Kier alpha value is -1.40. The van der Waals surface area contributed by atoms with E-state index in [1.165, 1.54) is 31.3 Å². The third kappa shape index (κ3) is 2.58. The smallest absolute Gasteiger partial charge is 0.350 e. The van der Waals surface area contributed by atoms with Crippen LogP contribution in [-0.4, -0.2) is 31.6 Å². The molecule has 2 N–H and O–H groups in total. The number of rotatable bonds is 3. The molecule has 0 bridgehead atoms. The van der Waals surface area contributed by atoms with Crippen molar-refractivity contribution in [3.8, 4) is 0 Å². The highest BCUT2D eigenvalue weighted by Crippen LogP contribution is 2.38. The summed E-state index contributed by atoms with van der Waals surface area (Å²) in [4.78, 5) is 24.8. The predicted molar refractivity (Wildman–Crippen MR) is 81.6 cm³/mol. The van der Waals surface area contributed by atoms with E-state index in [-0.39, 0.29) is 11.9 Å². The quantitative estimate of drug-likeness (QED) is 0.840. The molecule has 1 aliphatic heterocycles. The lowest BCUT2D eigenvalue weighted by Gasteiger charge is -2.18. The molecule has 1 aliphatic carbocycles. The number of nitrogens with one attached hydrogen (secondary N) is 2. The van der Waals surface area contributed by atoms with Gasteiger partial charge in [0, 0.05) is 0 Å². The topological polar surface area (TPSA) is 67.4 Å². The van der Waals surface area contributed by atoms with Gasteiger partial charge in [0.05, 0.1) is 18.8 Å². The molecule has 114 valence electrons. The van der Waals surface area contributed by atoms with Crippen molar-refractivity contribution in [1.29, 1.82) is 0 Å². The molecule has 3 atom stereocenters. The molecule has 2 aliphatic rings. The summed E-state index contributed by atoms with van der Waals surface area (Å²) >= 11 is 1.30. The van der Waals surface area contributed by atoms with E-state index in [9.17, 15) is 9.59 Å². The maximum absolute atomic E-state index is 12.5. The Balaban J connectivity index is 1.76. The van der Waals surface area contributed by atoms with Gasteiger partial charge in [0.1, 0.15) is 4.88 Å². The molecule has 6 heteroatoms. The van der Waals surface area contributed by atoms with Gasteiger partial charge in [-0.1, -0.05) is 6.42 Å². The van der Waals surface area contributed by atoms with Gasteiger partial charge in [0.2, 0.25) is 5.91 Å². The van der Waals surface area contributed by atoms with Crippen LogP contribution in [0.1, 0.15) is 34.5 Å². The van der Waals surface area contributed by atoms with Crippen LogP contribution in [-0.2, 0) is 9.53 Å². The Bertz CT molecular complexity index is 569. The third-order valence-electron chi connectivity index (χ3n) is 4.62. The average molecular weight is 308 g/mol. The van der Waals surface area contributed by atoms with Crippen molar-refractivity contribution in [2.75, 3.05) is 19.0 Å². The molecule has 5 nitrogen and oxygen atoms in total. The van der Waals surface area contributed by atoms with Gasteiger partial charge in [-0.2, -0.15) is 0 Å². The first-order valence-corrected chi connectivity index (χ1v) is 8.20. The maximum Gasteiger partial charge on any atom is 0.350 e. The zero-order valence-electron chi connectivity index (χ0n) is 12.3. The summed E-state index contributed by atoms with van der Waals surface area (Å²) in [6.07, 6.45) is 3.54. The van der Waals surface area contributed by atoms with E-state index in [0.717, 1.165) is 18.5 Å². The molecule has 1 saturated heterocycles. The molecule has 1 aromatic rings. The van der Waals surface area contributed by atoms with Crippen LogP contribution in [0.3, 0.4) is 0 Å². The molecule has 2 fully saturated rings. The second kappa shape index (κ2) is 5.77. The van der Waals surface area contributed by atoms with Gasteiger partial charge in [0.15, 0.2) is 0 Å². The molecule has 2 heterocycles. The van der Waals surface area contributed by atoms with Crippen molar-refractivity contribution in [3.63, 3.8) is 0 Å². The molecule has 21 heavy (non-hydrogen) atoms. The highest BCUT2D eigenvalue weighted by molar-refractivity contribution is 7.12. The van der Waals surface area contributed by atoms with Gasteiger partial charge in [-0.15, -0.1) is 11.3 Å². The Morgan fingerprint density at radius 1 is 1.43 bits per heavy atom. The van der Waals surface area contributed by atoms with Crippen molar-refractivity contribution >= 4 is 28.9 Å². The minimum Gasteiger partial charge on any atom is -0.465 e. The van der Waals surface area contributed by atoms with Crippen LogP contribution >= 0.6 is 11.3 Å². The zero-order valence-corrected chi connectivity index (χ0v) is 13.1. The highest BCUT2D eigenvalue weighted by Gasteiger charge is 2.42. The number of methoxy groups -OCH3 is 1. The molecule has 1 saturated carbocycles. The fourth-order valence-corrected chi connectivity index (χ4v) is 4.44. The summed E-state index contributed by atoms with van der Waals surface area (Å²) in [5.41, 5.74) is 1.50. The van der Waals surface area contributed by atoms with Crippen LogP contribution < -0.4 is 10.6 Å². The molecule has 0 aromatic carbocycles. The Morgan fingerprint density at radius 3 is 3.00 bits per heavy atom. The second-order valence-corrected chi connectivity index (χ2v) is 6.72. The van der Waals surface area contributed by atoms with E-state index in [1.807, 2.05) is 12.3 Å². The number of esters is 1. The number of amides is 1. The first-order valence-electron chi connectivity index (χ1n) is 7.32. The van der Waals surface area contributed by atoms with E-state index in [2.05, 4.69) is 10.6 Å². The van der Waals surface area contributed by atoms with Gasteiger partial charge in [-0.05, 0) is 49.1 Å². The highest BCUT2D eigenvalue weighted by atomic mass is 32.1. The lowest BCUT2D eigenvalue weighted by atomic mass is 9.93. The van der Waals surface area contributed by atoms with Gasteiger partial charge in [-0.3, -0.25) is 4.79 Å². The molecular formula is C15H20N2O3S. The summed E-state index contributed by atoms with van der Waals surface area (Å²) in [6, 6.07) is -0.137. The van der Waals surface area contributed by atoms with Crippen LogP contribution in [0.4, 0.5) is 5.69 Å². The van der Waals surface area contributed by atoms with E-state index in [4.69, 9.17) is 4.74 Å². The normalized spacial score (nSPS) is 27.4. The number of carbonyl (C=O) groups is 2.